The number of nitrogens with zero attached hydrogens (tertiary/aromatic N) is 2. The summed E-state index contributed by atoms with van der Waals surface area (Å²) in [5.74, 6) is 0.0846. The Morgan fingerprint density at radius 2 is 2.12 bits per heavy atom. The van der Waals surface area contributed by atoms with Crippen LogP contribution in [0.4, 0.5) is 0 Å². The highest BCUT2D eigenvalue weighted by atomic mass is 35.5. The monoisotopic (exact) mass is 470 g/mol. The van der Waals surface area contributed by atoms with E-state index in [4.69, 9.17) is 16.3 Å². The maximum absolute atomic E-state index is 13.4. The molecular weight excluding hydrogens is 440 g/mol. The fourth-order valence-electron chi connectivity index (χ4n) is 4.65. The first-order valence-corrected chi connectivity index (χ1v) is 11.9. The summed E-state index contributed by atoms with van der Waals surface area (Å²) in [4.78, 5) is 28.8. The van der Waals surface area contributed by atoms with Gasteiger partial charge in [0.2, 0.25) is 11.8 Å². The van der Waals surface area contributed by atoms with E-state index < -0.39 is 11.6 Å². The minimum Gasteiger partial charge on any atom is -0.488 e. The van der Waals surface area contributed by atoms with Crippen molar-refractivity contribution in [3.05, 3.63) is 40.9 Å². The zero-order valence-electron chi connectivity index (χ0n) is 19.2. The highest BCUT2D eigenvalue weighted by Crippen LogP contribution is 2.35. The molecule has 2 amide bonds. The van der Waals surface area contributed by atoms with E-state index in [1.54, 1.807) is 12.1 Å². The van der Waals surface area contributed by atoms with Crippen LogP contribution < -0.4 is 15.4 Å². The van der Waals surface area contributed by atoms with Gasteiger partial charge in [0.15, 0.2) is 0 Å². The lowest BCUT2D eigenvalue weighted by Gasteiger charge is -2.26. The van der Waals surface area contributed by atoms with Crippen molar-refractivity contribution in [2.45, 2.75) is 63.6 Å². The maximum atomic E-state index is 13.4. The van der Waals surface area contributed by atoms with Gasteiger partial charge in [-0.15, -0.1) is 0 Å². The smallest absolute Gasteiger partial charge is 0.244 e. The third-order valence-corrected chi connectivity index (χ3v) is 6.90. The lowest BCUT2D eigenvalue weighted by atomic mass is 9.90. The van der Waals surface area contributed by atoms with Crippen LogP contribution in [0.3, 0.4) is 0 Å². The highest BCUT2D eigenvalue weighted by molar-refractivity contribution is 6.32. The Bertz CT molecular complexity index is 996. The van der Waals surface area contributed by atoms with Gasteiger partial charge in [-0.2, -0.15) is 5.26 Å². The van der Waals surface area contributed by atoms with Crippen molar-refractivity contribution in [1.82, 2.24) is 15.5 Å². The Hall–Kier alpha value is -2.56. The second kappa shape index (κ2) is 9.36. The van der Waals surface area contributed by atoms with Gasteiger partial charge in [-0.3, -0.25) is 14.5 Å². The number of benzene rings is 1. The van der Waals surface area contributed by atoms with Gasteiger partial charge < -0.3 is 15.4 Å². The number of ether oxygens (including phenoxy) is 1. The second-order valence-corrected chi connectivity index (χ2v) is 10.5. The minimum atomic E-state index is -0.805. The van der Waals surface area contributed by atoms with Crippen LogP contribution in [-0.2, 0) is 16.0 Å². The molecule has 1 aliphatic carbocycles. The fourth-order valence-corrected chi connectivity index (χ4v) is 4.91. The Kier molecular flexibility index (Phi) is 6.69. The SMILES string of the molecule is CC1(C)CC2C(=O)N[C@H](C(=O)NC3(C#N)CC3)Cc3ccc(c(Cl)c3)OCC=CCCN2C1. The van der Waals surface area contributed by atoms with Crippen LogP contribution in [0, 0.1) is 16.7 Å². The second-order valence-electron chi connectivity index (χ2n) is 10.1. The summed E-state index contributed by atoms with van der Waals surface area (Å²) < 4.78 is 5.77. The average molecular weight is 471 g/mol. The predicted molar refractivity (Wildman–Crippen MR) is 126 cm³/mol. The summed E-state index contributed by atoms with van der Waals surface area (Å²) in [6, 6.07) is 6.48. The first-order valence-electron chi connectivity index (χ1n) is 11.5. The van der Waals surface area contributed by atoms with Crippen molar-refractivity contribution in [1.29, 1.82) is 5.26 Å². The summed E-state index contributed by atoms with van der Waals surface area (Å²) in [6.07, 6.45) is 7.08. The minimum absolute atomic E-state index is 0.0114. The standard InChI is InChI=1S/C25H31ClN4O3/c1-24(2)14-20-23(32)28-19(22(31)29-25(15-27)8-9-25)13-17-6-7-21(18(26)12-17)33-11-5-3-4-10-30(20)16-24/h3,5-7,12,19-20H,4,8-11,13-14,16H2,1-2H3,(H,28,32)(H,29,31)/t19-,20?/m0/s1. The van der Waals surface area contributed by atoms with E-state index in [1.807, 2.05) is 12.1 Å². The summed E-state index contributed by atoms with van der Waals surface area (Å²) >= 11 is 6.41. The molecule has 7 nitrogen and oxygen atoms in total. The van der Waals surface area contributed by atoms with Crippen molar-refractivity contribution in [2.24, 2.45) is 5.41 Å². The van der Waals surface area contributed by atoms with E-state index in [1.165, 1.54) is 0 Å². The van der Waals surface area contributed by atoms with E-state index in [9.17, 15) is 14.9 Å². The number of carbonyl (C=O) groups is 2. The van der Waals surface area contributed by atoms with Crippen LogP contribution in [0.2, 0.25) is 5.02 Å². The van der Waals surface area contributed by atoms with Gasteiger partial charge in [0.25, 0.3) is 0 Å². The average Bonchev–Trinajstić information content (AvgIpc) is 3.46. The van der Waals surface area contributed by atoms with Crippen LogP contribution >= 0.6 is 11.6 Å². The Labute approximate surface area is 200 Å². The number of nitriles is 1. The molecule has 5 rings (SSSR count). The molecular formula is C25H31ClN4O3. The number of halogens is 1. The zero-order chi connectivity index (χ0) is 23.6. The van der Waals surface area contributed by atoms with Gasteiger partial charge in [0, 0.05) is 19.5 Å². The van der Waals surface area contributed by atoms with Crippen molar-refractivity contribution < 1.29 is 14.3 Å². The summed E-state index contributed by atoms with van der Waals surface area (Å²) in [7, 11) is 0. The number of carbonyl (C=O) groups excluding carboxylic acids is 2. The first-order chi connectivity index (χ1) is 15.7. The highest BCUT2D eigenvalue weighted by Gasteiger charge is 2.46. The number of fused-ring (bicyclic) bond motifs is 9. The molecule has 3 heterocycles. The molecule has 2 N–H and O–H groups in total. The normalized spacial score (nSPS) is 26.5. The van der Waals surface area contributed by atoms with Crippen molar-refractivity contribution in [2.75, 3.05) is 19.7 Å². The number of nitrogens with one attached hydrogen (secondary N) is 2. The Morgan fingerprint density at radius 1 is 1.33 bits per heavy atom. The Balaban J connectivity index is 1.61. The molecule has 1 saturated heterocycles. The van der Waals surface area contributed by atoms with Crippen LogP contribution in [0.5, 0.6) is 5.75 Å². The van der Waals surface area contributed by atoms with E-state index in [-0.39, 0.29) is 29.7 Å². The molecule has 0 spiro atoms. The van der Waals surface area contributed by atoms with E-state index in [0.717, 1.165) is 31.5 Å². The molecule has 176 valence electrons. The quantitative estimate of drug-likeness (QED) is 0.648. The molecule has 3 aliphatic heterocycles. The molecule has 2 atom stereocenters. The van der Waals surface area contributed by atoms with Gasteiger partial charge in [0.05, 0.1) is 17.1 Å². The topological polar surface area (TPSA) is 94.5 Å². The van der Waals surface area contributed by atoms with Gasteiger partial charge >= 0.3 is 0 Å². The number of rotatable bonds is 2. The molecule has 1 aromatic rings. The molecule has 0 aromatic heterocycles. The molecule has 33 heavy (non-hydrogen) atoms. The molecule has 4 aliphatic rings. The Morgan fingerprint density at radius 3 is 2.82 bits per heavy atom. The van der Waals surface area contributed by atoms with E-state index in [0.29, 0.717) is 30.2 Å². The lowest BCUT2D eigenvalue weighted by Crippen LogP contribution is -2.55. The zero-order valence-corrected chi connectivity index (χ0v) is 20.0. The first kappa shape index (κ1) is 23.6. The largest absolute Gasteiger partial charge is 0.488 e. The molecule has 1 unspecified atom stereocenters. The summed E-state index contributed by atoms with van der Waals surface area (Å²) in [5.41, 5.74) is 0.0123. The van der Waals surface area contributed by atoms with Crippen LogP contribution in [-0.4, -0.2) is 54.0 Å². The molecule has 1 aromatic carbocycles. The van der Waals surface area contributed by atoms with Gasteiger partial charge in [0.1, 0.15) is 23.9 Å². The van der Waals surface area contributed by atoms with Crippen molar-refractivity contribution >= 4 is 23.4 Å². The third kappa shape index (κ3) is 5.69. The summed E-state index contributed by atoms with van der Waals surface area (Å²) in [5, 5.41) is 15.7. The van der Waals surface area contributed by atoms with Crippen molar-refractivity contribution in [3.8, 4) is 11.8 Å². The number of amides is 2. The van der Waals surface area contributed by atoms with Crippen LogP contribution in [0.1, 0.15) is 45.1 Å². The van der Waals surface area contributed by atoms with Gasteiger partial charge in [-0.05, 0) is 48.8 Å². The van der Waals surface area contributed by atoms with Crippen LogP contribution in [0.15, 0.2) is 30.4 Å². The third-order valence-electron chi connectivity index (χ3n) is 6.60. The molecule has 8 heteroatoms. The van der Waals surface area contributed by atoms with E-state index in [2.05, 4.69) is 41.5 Å². The number of hydrogen-bond acceptors (Lipinski definition) is 5. The lowest BCUT2D eigenvalue weighted by molar-refractivity contribution is -0.131. The van der Waals surface area contributed by atoms with Gasteiger partial charge in [-0.25, -0.2) is 0 Å². The number of hydrogen-bond donors (Lipinski definition) is 2. The molecule has 1 saturated carbocycles. The maximum Gasteiger partial charge on any atom is 0.244 e. The molecule has 2 bridgehead atoms. The predicted octanol–water partition coefficient (Wildman–Crippen LogP) is 2.98. The summed E-state index contributed by atoms with van der Waals surface area (Å²) in [6.45, 7) is 6.31. The molecule has 0 radical (unpaired) electrons. The van der Waals surface area contributed by atoms with Crippen LogP contribution in [0.25, 0.3) is 0 Å². The van der Waals surface area contributed by atoms with Gasteiger partial charge in [-0.1, -0.05) is 43.7 Å². The molecule has 2 fully saturated rings. The van der Waals surface area contributed by atoms with Crippen molar-refractivity contribution in [3.63, 3.8) is 0 Å². The van der Waals surface area contributed by atoms with E-state index >= 15 is 0 Å². The fraction of sp³-hybridized carbons (Fsp3) is 0.560.